The minimum absolute atomic E-state index is 0.0471. The van der Waals surface area contributed by atoms with E-state index in [1.807, 2.05) is 31.9 Å². The zero-order valence-corrected chi connectivity index (χ0v) is 24.4. The highest BCUT2D eigenvalue weighted by molar-refractivity contribution is 9.10. The third-order valence-corrected chi connectivity index (χ3v) is 8.83. The van der Waals surface area contributed by atoms with Crippen LogP contribution in [0.2, 0.25) is 0 Å². The van der Waals surface area contributed by atoms with Crippen LogP contribution in [0.25, 0.3) is 10.9 Å². The first kappa shape index (κ1) is 26.9. The lowest BCUT2D eigenvalue weighted by molar-refractivity contribution is -0.0366. The summed E-state index contributed by atoms with van der Waals surface area (Å²) in [5.74, 6) is 1.58. The Balaban J connectivity index is 1.11. The van der Waals surface area contributed by atoms with E-state index in [0.29, 0.717) is 17.8 Å². The number of carbonyl (C=O) groups is 1. The Bertz CT molecular complexity index is 1100. The Morgan fingerprint density at radius 2 is 2.08 bits per heavy atom. The van der Waals surface area contributed by atoms with E-state index in [9.17, 15) is 4.79 Å². The van der Waals surface area contributed by atoms with Gasteiger partial charge in [-0.2, -0.15) is 5.10 Å². The first-order valence-corrected chi connectivity index (χ1v) is 14.8. The molecule has 4 atom stereocenters. The molecule has 2 saturated heterocycles. The van der Waals surface area contributed by atoms with Crippen LogP contribution in [0.5, 0.6) is 0 Å². The summed E-state index contributed by atoms with van der Waals surface area (Å²) in [6.45, 7) is 11.9. The van der Waals surface area contributed by atoms with Crippen molar-refractivity contribution >= 4 is 32.9 Å². The van der Waals surface area contributed by atoms with Crippen molar-refractivity contribution in [1.82, 2.24) is 14.7 Å². The average molecular weight is 577 g/mol. The third kappa shape index (κ3) is 6.34. The van der Waals surface area contributed by atoms with E-state index in [1.54, 1.807) is 0 Å². The normalized spacial score (nSPS) is 26.5. The molecule has 1 aliphatic carbocycles. The van der Waals surface area contributed by atoms with Gasteiger partial charge in [0.25, 0.3) is 0 Å². The fraction of sp³-hybridized carbons (Fsp3) is 0.724. The monoisotopic (exact) mass is 575 g/mol. The van der Waals surface area contributed by atoms with Crippen LogP contribution in [0.1, 0.15) is 89.0 Å². The molecule has 2 aromatic rings. The zero-order chi connectivity index (χ0) is 26.2. The highest BCUT2D eigenvalue weighted by Crippen LogP contribution is 2.52. The van der Waals surface area contributed by atoms with Crippen LogP contribution in [0.3, 0.4) is 0 Å². The summed E-state index contributed by atoms with van der Waals surface area (Å²) >= 11 is 3.93. The standard InChI is InChI=1S/C29H42BrN3O4/c1-19-14-24-23(16-31-33(24)25-9-5-6-12-36-25)27(30)26(19)22-15-21(22)18-35-13-10-20-8-7-11-32(17-20)28(34)37-29(2,3)4/h14,16,20-22,25H,5-13,15,17-18H2,1-4H3/t20-,21-,22-,25?/m0/s1. The zero-order valence-electron chi connectivity index (χ0n) is 22.8. The van der Waals surface area contributed by atoms with Crippen LogP contribution in [0.15, 0.2) is 16.7 Å². The Hall–Kier alpha value is -1.64. The molecular weight excluding hydrogens is 534 g/mol. The van der Waals surface area contributed by atoms with Crippen molar-refractivity contribution in [3.8, 4) is 0 Å². The molecule has 1 aromatic heterocycles. The average Bonchev–Trinajstić information content (AvgIpc) is 3.48. The van der Waals surface area contributed by atoms with Crippen LogP contribution in [-0.2, 0) is 14.2 Å². The van der Waals surface area contributed by atoms with Crippen LogP contribution in [0, 0.1) is 18.8 Å². The SMILES string of the molecule is Cc1cc2c(cnn2C2CCCCO2)c(Br)c1[C@H]1C[C@H]1COCC[C@@H]1CCCN(C(=O)OC(C)(C)C)C1. The van der Waals surface area contributed by atoms with Gasteiger partial charge in [0.15, 0.2) is 6.23 Å². The second-order valence-electron chi connectivity index (χ2n) is 12.2. The number of ether oxygens (including phenoxy) is 3. The number of aromatic nitrogens is 2. The van der Waals surface area contributed by atoms with Gasteiger partial charge < -0.3 is 19.1 Å². The third-order valence-electron chi connectivity index (χ3n) is 7.98. The molecule has 8 heteroatoms. The lowest BCUT2D eigenvalue weighted by Crippen LogP contribution is -2.43. The molecule has 3 aliphatic rings. The van der Waals surface area contributed by atoms with Crippen molar-refractivity contribution in [2.75, 3.05) is 32.9 Å². The number of piperidine rings is 1. The van der Waals surface area contributed by atoms with Crippen molar-refractivity contribution in [2.24, 2.45) is 11.8 Å². The number of likely N-dealkylation sites (tertiary alicyclic amines) is 1. The van der Waals surface area contributed by atoms with Crippen molar-refractivity contribution in [3.05, 3.63) is 27.9 Å². The summed E-state index contributed by atoms with van der Waals surface area (Å²) in [6, 6.07) is 2.29. The van der Waals surface area contributed by atoms with Gasteiger partial charge in [-0.1, -0.05) is 0 Å². The summed E-state index contributed by atoms with van der Waals surface area (Å²) in [5.41, 5.74) is 3.43. The van der Waals surface area contributed by atoms with Crippen LogP contribution < -0.4 is 0 Å². The minimum Gasteiger partial charge on any atom is -0.444 e. The summed E-state index contributed by atoms with van der Waals surface area (Å²) in [6.07, 6.45) is 9.55. The fourth-order valence-corrected chi connectivity index (χ4v) is 6.86. The highest BCUT2D eigenvalue weighted by Gasteiger charge is 2.41. The van der Waals surface area contributed by atoms with Gasteiger partial charge in [0.05, 0.1) is 11.7 Å². The van der Waals surface area contributed by atoms with Crippen molar-refractivity contribution in [1.29, 1.82) is 0 Å². The van der Waals surface area contributed by atoms with Gasteiger partial charge in [-0.25, -0.2) is 9.48 Å². The second kappa shape index (κ2) is 11.2. The van der Waals surface area contributed by atoms with E-state index < -0.39 is 5.60 Å². The number of amides is 1. The second-order valence-corrected chi connectivity index (χ2v) is 13.0. The Kier molecular flexibility index (Phi) is 8.18. The molecule has 2 aliphatic heterocycles. The van der Waals surface area contributed by atoms with E-state index in [1.165, 1.54) is 33.8 Å². The minimum atomic E-state index is -0.448. The van der Waals surface area contributed by atoms with Crippen LogP contribution in [0.4, 0.5) is 4.79 Å². The summed E-state index contributed by atoms with van der Waals surface area (Å²) in [7, 11) is 0. The number of rotatable bonds is 7. The van der Waals surface area contributed by atoms with E-state index in [2.05, 4.69) is 33.6 Å². The molecule has 5 rings (SSSR count). The van der Waals surface area contributed by atoms with Gasteiger partial charge >= 0.3 is 6.09 Å². The number of fused-ring (bicyclic) bond motifs is 1. The molecule has 204 valence electrons. The maximum atomic E-state index is 12.4. The molecule has 7 nitrogen and oxygen atoms in total. The Morgan fingerprint density at radius 1 is 1.24 bits per heavy atom. The fourth-order valence-electron chi connectivity index (χ4n) is 5.95. The Morgan fingerprint density at radius 3 is 2.84 bits per heavy atom. The maximum absolute atomic E-state index is 12.4. The number of hydrogen-bond donors (Lipinski definition) is 0. The molecule has 0 spiro atoms. The van der Waals surface area contributed by atoms with E-state index >= 15 is 0 Å². The number of carbonyl (C=O) groups excluding carboxylic acids is 1. The molecule has 0 N–H and O–H groups in total. The molecule has 1 aromatic carbocycles. The summed E-state index contributed by atoms with van der Waals surface area (Å²) in [4.78, 5) is 14.3. The summed E-state index contributed by atoms with van der Waals surface area (Å²) in [5, 5.41) is 5.88. The van der Waals surface area contributed by atoms with Gasteiger partial charge in [0.2, 0.25) is 0 Å². The molecule has 37 heavy (non-hydrogen) atoms. The lowest BCUT2D eigenvalue weighted by Gasteiger charge is -2.34. The highest BCUT2D eigenvalue weighted by atomic mass is 79.9. The van der Waals surface area contributed by atoms with Crippen LogP contribution >= 0.6 is 15.9 Å². The summed E-state index contributed by atoms with van der Waals surface area (Å²) < 4.78 is 21.0. The van der Waals surface area contributed by atoms with Crippen molar-refractivity contribution in [2.45, 2.75) is 90.4 Å². The van der Waals surface area contributed by atoms with E-state index in [0.717, 1.165) is 70.5 Å². The topological polar surface area (TPSA) is 65.8 Å². The van der Waals surface area contributed by atoms with Crippen molar-refractivity contribution in [3.63, 3.8) is 0 Å². The molecule has 1 saturated carbocycles. The van der Waals surface area contributed by atoms with Gasteiger partial charge in [-0.05, 0) is 124 Å². The van der Waals surface area contributed by atoms with E-state index in [-0.39, 0.29) is 12.3 Å². The first-order chi connectivity index (χ1) is 17.7. The van der Waals surface area contributed by atoms with Crippen LogP contribution in [-0.4, -0.2) is 59.3 Å². The molecule has 1 unspecified atom stereocenters. The number of halogens is 1. The number of nitrogens with zero attached hydrogens (tertiary/aromatic N) is 3. The van der Waals surface area contributed by atoms with Gasteiger partial charge in [0.1, 0.15) is 5.60 Å². The number of hydrogen-bond acceptors (Lipinski definition) is 5. The molecule has 1 amide bonds. The number of aryl methyl sites for hydroxylation is 1. The van der Waals surface area contributed by atoms with E-state index in [4.69, 9.17) is 19.3 Å². The largest absolute Gasteiger partial charge is 0.444 e. The molecule has 0 bridgehead atoms. The molecule has 3 fully saturated rings. The molecule has 0 radical (unpaired) electrons. The predicted molar refractivity (Wildman–Crippen MR) is 148 cm³/mol. The molecule has 3 heterocycles. The first-order valence-electron chi connectivity index (χ1n) is 14.0. The van der Waals surface area contributed by atoms with Crippen molar-refractivity contribution < 1.29 is 19.0 Å². The smallest absolute Gasteiger partial charge is 0.410 e. The molecular formula is C29H42BrN3O4. The van der Waals surface area contributed by atoms with Gasteiger partial charge in [-0.15, -0.1) is 0 Å². The van der Waals surface area contributed by atoms with Gasteiger partial charge in [0, 0.05) is 42.8 Å². The van der Waals surface area contributed by atoms with Gasteiger partial charge in [-0.3, -0.25) is 0 Å². The quantitative estimate of drug-likeness (QED) is 0.334. The maximum Gasteiger partial charge on any atom is 0.410 e. The lowest BCUT2D eigenvalue weighted by atomic mass is 9.95. The Labute approximate surface area is 229 Å². The number of benzene rings is 1. The predicted octanol–water partition coefficient (Wildman–Crippen LogP) is 6.96.